The molecule has 0 radical (unpaired) electrons. The molecular formula is C26H31N5O3S. The number of hydrogen-bond donors (Lipinski definition) is 1. The Kier molecular flexibility index (Phi) is 7.75. The number of aryl methyl sites for hydroxylation is 3. The van der Waals surface area contributed by atoms with Crippen molar-refractivity contribution >= 4 is 29.3 Å². The summed E-state index contributed by atoms with van der Waals surface area (Å²) in [5, 5.41) is 12.2. The van der Waals surface area contributed by atoms with Gasteiger partial charge in [-0.15, -0.1) is 10.2 Å². The van der Waals surface area contributed by atoms with E-state index in [1.54, 1.807) is 7.11 Å². The maximum absolute atomic E-state index is 12.9. The van der Waals surface area contributed by atoms with Gasteiger partial charge in [0.1, 0.15) is 11.6 Å². The van der Waals surface area contributed by atoms with E-state index in [4.69, 9.17) is 4.74 Å². The summed E-state index contributed by atoms with van der Waals surface area (Å²) in [5.74, 6) is 1.58. The zero-order valence-electron chi connectivity index (χ0n) is 20.6. The van der Waals surface area contributed by atoms with Crippen LogP contribution >= 0.6 is 11.8 Å². The van der Waals surface area contributed by atoms with Gasteiger partial charge >= 0.3 is 0 Å². The lowest BCUT2D eigenvalue weighted by Crippen LogP contribution is -2.42. The first-order valence-corrected chi connectivity index (χ1v) is 12.7. The average molecular weight is 494 g/mol. The van der Waals surface area contributed by atoms with E-state index in [0.29, 0.717) is 42.5 Å². The number of anilines is 1. The highest BCUT2D eigenvalue weighted by Gasteiger charge is 2.28. The Hall–Kier alpha value is -3.33. The number of thioether (sulfide) groups is 1. The lowest BCUT2D eigenvalue weighted by Gasteiger charge is -2.31. The van der Waals surface area contributed by atoms with Crippen LogP contribution in [0.4, 0.5) is 5.69 Å². The number of methoxy groups -OCH3 is 1. The van der Waals surface area contributed by atoms with Crippen molar-refractivity contribution < 1.29 is 14.3 Å². The Morgan fingerprint density at radius 2 is 1.83 bits per heavy atom. The zero-order chi connectivity index (χ0) is 24.9. The molecule has 8 nitrogen and oxygen atoms in total. The maximum Gasteiger partial charge on any atom is 0.233 e. The molecule has 1 N–H and O–H groups in total. The van der Waals surface area contributed by atoms with E-state index >= 15 is 0 Å². The van der Waals surface area contributed by atoms with Gasteiger partial charge in [0.25, 0.3) is 0 Å². The fraction of sp³-hybridized carbons (Fsp3) is 0.385. The van der Waals surface area contributed by atoms with Gasteiger partial charge in [0.15, 0.2) is 5.16 Å². The van der Waals surface area contributed by atoms with Gasteiger partial charge in [-0.25, -0.2) is 0 Å². The number of aromatic nitrogens is 3. The number of rotatable bonds is 7. The highest BCUT2D eigenvalue weighted by molar-refractivity contribution is 7.99. The molecule has 1 saturated heterocycles. The molecule has 184 valence electrons. The number of ether oxygens (including phenoxy) is 1. The van der Waals surface area contributed by atoms with Gasteiger partial charge in [0, 0.05) is 19.0 Å². The van der Waals surface area contributed by atoms with Crippen LogP contribution in [0, 0.1) is 26.7 Å². The number of likely N-dealkylation sites (tertiary alicyclic amines) is 1. The molecule has 0 atom stereocenters. The quantitative estimate of drug-likeness (QED) is 0.497. The lowest BCUT2D eigenvalue weighted by atomic mass is 9.96. The van der Waals surface area contributed by atoms with Crippen molar-refractivity contribution in [3.63, 3.8) is 0 Å². The number of nitrogens with zero attached hydrogens (tertiary/aromatic N) is 4. The molecule has 2 amide bonds. The minimum absolute atomic E-state index is 0.0342. The van der Waals surface area contributed by atoms with E-state index in [1.165, 1.54) is 11.8 Å². The van der Waals surface area contributed by atoms with Crippen molar-refractivity contribution in [3.8, 4) is 11.4 Å². The summed E-state index contributed by atoms with van der Waals surface area (Å²) in [4.78, 5) is 27.5. The van der Waals surface area contributed by atoms with Crippen molar-refractivity contribution in [1.82, 2.24) is 19.7 Å². The summed E-state index contributed by atoms with van der Waals surface area (Å²) in [6.45, 7) is 7.15. The van der Waals surface area contributed by atoms with Crippen molar-refractivity contribution in [2.45, 2.75) is 38.8 Å². The highest BCUT2D eigenvalue weighted by Crippen LogP contribution is 2.28. The number of carbonyl (C=O) groups excluding carboxylic acids is 2. The Labute approximate surface area is 210 Å². The second-order valence-electron chi connectivity index (χ2n) is 8.79. The Balaban J connectivity index is 1.33. The monoisotopic (exact) mass is 493 g/mol. The maximum atomic E-state index is 12.9. The summed E-state index contributed by atoms with van der Waals surface area (Å²) < 4.78 is 7.32. The van der Waals surface area contributed by atoms with Gasteiger partial charge in [0.2, 0.25) is 11.8 Å². The molecule has 0 saturated carbocycles. The topological polar surface area (TPSA) is 89.3 Å². The van der Waals surface area contributed by atoms with Crippen LogP contribution in [-0.2, 0) is 9.59 Å². The third kappa shape index (κ3) is 5.67. The molecule has 35 heavy (non-hydrogen) atoms. The van der Waals surface area contributed by atoms with Gasteiger partial charge in [-0.2, -0.15) is 0 Å². The van der Waals surface area contributed by atoms with Crippen LogP contribution < -0.4 is 10.1 Å². The molecule has 3 aromatic rings. The normalized spacial score (nSPS) is 14.1. The van der Waals surface area contributed by atoms with Crippen LogP contribution in [0.25, 0.3) is 5.69 Å². The number of para-hydroxylation sites is 2. The van der Waals surface area contributed by atoms with Gasteiger partial charge in [-0.05, 0) is 62.9 Å². The molecule has 1 aliphatic rings. The van der Waals surface area contributed by atoms with Gasteiger partial charge in [0.05, 0.1) is 24.2 Å². The third-order valence-corrected chi connectivity index (χ3v) is 7.22. The average Bonchev–Trinajstić information content (AvgIpc) is 3.24. The van der Waals surface area contributed by atoms with E-state index < -0.39 is 0 Å². The van der Waals surface area contributed by atoms with Gasteiger partial charge < -0.3 is 15.0 Å². The van der Waals surface area contributed by atoms with E-state index in [0.717, 1.165) is 22.6 Å². The van der Waals surface area contributed by atoms with Crippen LogP contribution in [-0.4, -0.2) is 57.4 Å². The number of amides is 2. The van der Waals surface area contributed by atoms with Crippen molar-refractivity contribution in [2.24, 2.45) is 5.92 Å². The molecule has 4 rings (SSSR count). The summed E-state index contributed by atoms with van der Waals surface area (Å²) in [6.07, 6.45) is 1.27. The number of benzene rings is 2. The summed E-state index contributed by atoms with van der Waals surface area (Å²) in [6, 6.07) is 13.6. The molecule has 1 aliphatic heterocycles. The first kappa shape index (κ1) is 24.8. The van der Waals surface area contributed by atoms with Crippen molar-refractivity contribution in [1.29, 1.82) is 0 Å². The Morgan fingerprint density at radius 1 is 1.09 bits per heavy atom. The minimum atomic E-state index is -0.133. The number of nitrogens with one attached hydrogen (secondary N) is 1. The van der Waals surface area contributed by atoms with Gasteiger partial charge in [-0.1, -0.05) is 36.0 Å². The Bertz CT molecular complexity index is 1220. The summed E-state index contributed by atoms with van der Waals surface area (Å²) >= 11 is 1.40. The molecule has 9 heteroatoms. The third-order valence-electron chi connectivity index (χ3n) is 6.31. The smallest absolute Gasteiger partial charge is 0.233 e. The van der Waals surface area contributed by atoms with Crippen LogP contribution in [0.2, 0.25) is 0 Å². The first-order valence-electron chi connectivity index (χ1n) is 11.7. The molecular weight excluding hydrogens is 462 g/mol. The van der Waals surface area contributed by atoms with Crippen molar-refractivity contribution in [3.05, 3.63) is 59.4 Å². The highest BCUT2D eigenvalue weighted by atomic mass is 32.2. The van der Waals surface area contributed by atoms with Crippen LogP contribution in [0.5, 0.6) is 5.75 Å². The van der Waals surface area contributed by atoms with E-state index in [9.17, 15) is 9.59 Å². The zero-order valence-corrected chi connectivity index (χ0v) is 21.4. The van der Waals surface area contributed by atoms with Gasteiger partial charge in [-0.3, -0.25) is 14.2 Å². The van der Waals surface area contributed by atoms with Crippen LogP contribution in [0.3, 0.4) is 0 Å². The van der Waals surface area contributed by atoms with E-state index in [2.05, 4.69) is 47.6 Å². The van der Waals surface area contributed by atoms with Crippen LogP contribution in [0.1, 0.15) is 29.8 Å². The molecule has 1 aromatic heterocycles. The minimum Gasteiger partial charge on any atom is -0.495 e. The number of piperidine rings is 1. The molecule has 2 heterocycles. The molecule has 0 spiro atoms. The second-order valence-corrected chi connectivity index (χ2v) is 9.73. The molecule has 1 fully saturated rings. The fourth-order valence-electron chi connectivity index (χ4n) is 4.27. The predicted molar refractivity (Wildman–Crippen MR) is 137 cm³/mol. The lowest BCUT2D eigenvalue weighted by molar-refractivity contribution is -0.132. The first-order chi connectivity index (χ1) is 16.9. The fourth-order valence-corrected chi connectivity index (χ4v) is 5.16. The SMILES string of the molecule is COc1ccccc1NC(=O)C1CCN(C(=O)CSc2nnc(C)n2-c2cc(C)ccc2C)CC1. The van der Waals surface area contributed by atoms with Crippen LogP contribution in [0.15, 0.2) is 47.6 Å². The van der Waals surface area contributed by atoms with Crippen molar-refractivity contribution in [2.75, 3.05) is 31.3 Å². The second kappa shape index (κ2) is 10.9. The summed E-state index contributed by atoms with van der Waals surface area (Å²) in [7, 11) is 1.58. The van der Waals surface area contributed by atoms with E-state index in [-0.39, 0.29) is 23.5 Å². The molecule has 0 bridgehead atoms. The molecule has 2 aromatic carbocycles. The number of hydrogen-bond acceptors (Lipinski definition) is 6. The summed E-state index contributed by atoms with van der Waals surface area (Å²) in [5.41, 5.74) is 3.98. The standard InChI is InChI=1S/C26H31N5O3S/c1-17-9-10-18(2)22(15-17)31-19(3)28-29-26(31)35-16-24(32)30-13-11-20(12-14-30)25(33)27-21-7-5-6-8-23(21)34-4/h5-10,15,20H,11-14,16H2,1-4H3,(H,27,33). The molecule has 0 unspecified atom stereocenters. The predicted octanol–water partition coefficient (Wildman–Crippen LogP) is 4.17. The van der Waals surface area contributed by atoms with E-state index in [1.807, 2.05) is 40.7 Å². The Morgan fingerprint density at radius 3 is 2.57 bits per heavy atom. The molecule has 0 aliphatic carbocycles. The number of carbonyl (C=O) groups is 2. The largest absolute Gasteiger partial charge is 0.495 e.